The van der Waals surface area contributed by atoms with Crippen LogP contribution in [0.3, 0.4) is 0 Å². The number of H-pyrrole nitrogens is 1. The van der Waals surface area contributed by atoms with Crippen molar-refractivity contribution in [3.63, 3.8) is 0 Å². The number of hydrogen-bond acceptors (Lipinski definition) is 7. The van der Waals surface area contributed by atoms with Gasteiger partial charge in [0, 0.05) is 36.1 Å². The molecule has 0 aliphatic carbocycles. The summed E-state index contributed by atoms with van der Waals surface area (Å²) >= 11 is 0. The third-order valence-corrected chi connectivity index (χ3v) is 4.50. The molecule has 0 saturated carbocycles. The van der Waals surface area contributed by atoms with Gasteiger partial charge in [-0.15, -0.1) is 0 Å². The van der Waals surface area contributed by atoms with E-state index in [9.17, 15) is 0 Å². The molecule has 8 heteroatoms. The minimum atomic E-state index is 0.484. The van der Waals surface area contributed by atoms with Gasteiger partial charge in [-0.3, -0.25) is 10.1 Å². The maximum Gasteiger partial charge on any atom is 0.229 e. The Labute approximate surface area is 160 Å². The van der Waals surface area contributed by atoms with Gasteiger partial charge < -0.3 is 15.1 Å². The molecule has 5 rings (SSSR count). The Bertz CT molecular complexity index is 1260. The summed E-state index contributed by atoms with van der Waals surface area (Å²) in [6, 6.07) is 11.7. The molecule has 4 aromatic heterocycles. The zero-order valence-corrected chi connectivity index (χ0v) is 15.1. The lowest BCUT2D eigenvalue weighted by Gasteiger charge is -2.09. The van der Waals surface area contributed by atoms with E-state index < -0.39 is 0 Å². The molecule has 0 saturated heterocycles. The van der Waals surface area contributed by atoms with Gasteiger partial charge in [0.15, 0.2) is 11.4 Å². The third-order valence-electron chi connectivity index (χ3n) is 4.50. The van der Waals surface area contributed by atoms with Gasteiger partial charge in [-0.2, -0.15) is 10.1 Å². The summed E-state index contributed by atoms with van der Waals surface area (Å²) < 4.78 is 5.56. The van der Waals surface area contributed by atoms with E-state index in [0.29, 0.717) is 23.9 Å². The SMILES string of the molecule is Cc1n[nH]c2cc(Nc3nc(NCc4cccnc4)c4occc4n3)ccc12. The minimum Gasteiger partial charge on any atom is -0.459 e. The lowest BCUT2D eigenvalue weighted by molar-refractivity contribution is 0.614. The van der Waals surface area contributed by atoms with Crippen molar-refractivity contribution in [2.45, 2.75) is 13.5 Å². The number of aromatic nitrogens is 5. The van der Waals surface area contributed by atoms with Crippen LogP contribution in [0.25, 0.3) is 22.0 Å². The molecule has 28 heavy (non-hydrogen) atoms. The van der Waals surface area contributed by atoms with Crippen LogP contribution in [0.15, 0.2) is 59.5 Å². The average Bonchev–Trinajstić information content (AvgIpc) is 3.34. The van der Waals surface area contributed by atoms with Crippen LogP contribution in [0.4, 0.5) is 17.5 Å². The van der Waals surface area contributed by atoms with E-state index in [4.69, 9.17) is 4.42 Å². The standard InChI is InChI=1S/C20H17N7O/c1-12-15-5-4-14(9-17(15)27-26-12)23-20-24-16-6-8-28-18(16)19(25-20)22-11-13-3-2-7-21-10-13/h2-10H,11H2,1H3,(H,26,27)(H2,22,23,24,25). The molecule has 0 radical (unpaired) electrons. The average molecular weight is 371 g/mol. The topological polar surface area (TPSA) is 105 Å². The smallest absolute Gasteiger partial charge is 0.229 e. The third kappa shape index (κ3) is 3.01. The maximum absolute atomic E-state index is 5.56. The number of aryl methyl sites for hydroxylation is 1. The van der Waals surface area contributed by atoms with Crippen molar-refractivity contribution >= 4 is 39.5 Å². The Hall–Kier alpha value is -3.94. The summed E-state index contributed by atoms with van der Waals surface area (Å²) in [5, 5.41) is 14.9. The maximum atomic E-state index is 5.56. The summed E-state index contributed by atoms with van der Waals surface area (Å²) in [4.78, 5) is 13.3. The van der Waals surface area contributed by atoms with Crippen LogP contribution in [0, 0.1) is 6.92 Å². The Morgan fingerprint density at radius 3 is 3.00 bits per heavy atom. The second-order valence-electron chi connectivity index (χ2n) is 6.44. The Morgan fingerprint density at radius 2 is 2.11 bits per heavy atom. The van der Waals surface area contributed by atoms with Crippen molar-refractivity contribution in [3.05, 3.63) is 66.3 Å². The molecule has 0 spiro atoms. The molecule has 3 N–H and O–H groups in total. The van der Waals surface area contributed by atoms with Gasteiger partial charge in [0.25, 0.3) is 0 Å². The van der Waals surface area contributed by atoms with Crippen molar-refractivity contribution < 1.29 is 4.42 Å². The number of rotatable bonds is 5. The highest BCUT2D eigenvalue weighted by molar-refractivity contribution is 5.87. The van der Waals surface area contributed by atoms with E-state index in [-0.39, 0.29) is 0 Å². The second-order valence-corrected chi connectivity index (χ2v) is 6.44. The van der Waals surface area contributed by atoms with Gasteiger partial charge in [0.1, 0.15) is 5.52 Å². The second kappa shape index (κ2) is 6.66. The van der Waals surface area contributed by atoms with Gasteiger partial charge in [-0.1, -0.05) is 6.07 Å². The molecule has 0 bridgehead atoms. The first kappa shape index (κ1) is 16.2. The lowest BCUT2D eigenvalue weighted by atomic mass is 10.2. The molecule has 0 fully saturated rings. The van der Waals surface area contributed by atoms with E-state index in [1.165, 1.54) is 0 Å². The fraction of sp³-hybridized carbons (Fsp3) is 0.100. The molecule has 0 aliphatic rings. The monoisotopic (exact) mass is 371 g/mol. The zero-order chi connectivity index (χ0) is 18.9. The van der Waals surface area contributed by atoms with Gasteiger partial charge in [0.05, 0.1) is 17.5 Å². The number of nitrogens with one attached hydrogen (secondary N) is 3. The van der Waals surface area contributed by atoms with E-state index in [0.717, 1.165) is 33.4 Å². The number of benzene rings is 1. The van der Waals surface area contributed by atoms with Crippen LogP contribution >= 0.6 is 0 Å². The molecular formula is C20H17N7O. The van der Waals surface area contributed by atoms with Crippen molar-refractivity contribution in [1.29, 1.82) is 0 Å². The summed E-state index contributed by atoms with van der Waals surface area (Å²) in [7, 11) is 0. The van der Waals surface area contributed by atoms with Crippen LogP contribution in [0.1, 0.15) is 11.3 Å². The number of furan rings is 1. The molecule has 1 aromatic carbocycles. The highest BCUT2D eigenvalue weighted by Crippen LogP contribution is 2.26. The first-order chi connectivity index (χ1) is 13.8. The van der Waals surface area contributed by atoms with Gasteiger partial charge in [-0.05, 0) is 36.8 Å². The molecular weight excluding hydrogens is 354 g/mol. The van der Waals surface area contributed by atoms with Crippen LogP contribution in [0.5, 0.6) is 0 Å². The van der Waals surface area contributed by atoms with Crippen LogP contribution < -0.4 is 10.6 Å². The van der Waals surface area contributed by atoms with E-state index in [2.05, 4.69) is 35.8 Å². The van der Waals surface area contributed by atoms with Crippen LogP contribution in [-0.2, 0) is 6.54 Å². The van der Waals surface area contributed by atoms with Crippen molar-refractivity contribution in [1.82, 2.24) is 25.1 Å². The summed E-state index contributed by atoms with van der Waals surface area (Å²) in [6.45, 7) is 2.56. The Kier molecular flexibility index (Phi) is 3.86. The fourth-order valence-corrected chi connectivity index (χ4v) is 3.09. The van der Waals surface area contributed by atoms with Crippen molar-refractivity contribution in [2.24, 2.45) is 0 Å². The normalized spacial score (nSPS) is 11.2. The fourth-order valence-electron chi connectivity index (χ4n) is 3.09. The highest BCUT2D eigenvalue weighted by atomic mass is 16.3. The number of nitrogens with zero attached hydrogens (tertiary/aromatic N) is 4. The van der Waals surface area contributed by atoms with E-state index in [1.54, 1.807) is 12.5 Å². The molecule has 0 amide bonds. The van der Waals surface area contributed by atoms with Crippen molar-refractivity contribution in [3.8, 4) is 0 Å². The number of hydrogen-bond donors (Lipinski definition) is 3. The van der Waals surface area contributed by atoms with Crippen molar-refractivity contribution in [2.75, 3.05) is 10.6 Å². The predicted octanol–water partition coefficient (Wildman–Crippen LogP) is 4.16. The number of pyridine rings is 1. The number of anilines is 3. The van der Waals surface area contributed by atoms with Gasteiger partial charge >= 0.3 is 0 Å². The minimum absolute atomic E-state index is 0.484. The first-order valence-corrected chi connectivity index (χ1v) is 8.86. The molecule has 8 nitrogen and oxygen atoms in total. The van der Waals surface area contributed by atoms with Crippen LogP contribution in [0.2, 0.25) is 0 Å². The zero-order valence-electron chi connectivity index (χ0n) is 15.1. The van der Waals surface area contributed by atoms with Gasteiger partial charge in [0.2, 0.25) is 5.95 Å². The van der Waals surface area contributed by atoms with E-state index >= 15 is 0 Å². The molecule has 0 aliphatic heterocycles. The summed E-state index contributed by atoms with van der Waals surface area (Å²) in [5.74, 6) is 1.11. The Balaban J connectivity index is 1.45. The quantitative estimate of drug-likeness (QED) is 0.426. The highest BCUT2D eigenvalue weighted by Gasteiger charge is 2.11. The van der Waals surface area contributed by atoms with E-state index in [1.807, 2.05) is 49.5 Å². The first-order valence-electron chi connectivity index (χ1n) is 8.86. The number of aromatic amines is 1. The Morgan fingerprint density at radius 1 is 1.14 bits per heavy atom. The molecule has 0 unspecified atom stereocenters. The van der Waals surface area contributed by atoms with Gasteiger partial charge in [-0.25, -0.2) is 4.98 Å². The molecule has 4 heterocycles. The molecule has 0 atom stereocenters. The number of fused-ring (bicyclic) bond motifs is 2. The largest absolute Gasteiger partial charge is 0.459 e. The van der Waals surface area contributed by atoms with Crippen LogP contribution in [-0.4, -0.2) is 25.1 Å². The lowest BCUT2D eigenvalue weighted by Crippen LogP contribution is -2.05. The predicted molar refractivity (Wildman–Crippen MR) is 107 cm³/mol. The summed E-state index contributed by atoms with van der Waals surface area (Å²) in [5.41, 5.74) is 5.20. The molecule has 5 aromatic rings. The summed E-state index contributed by atoms with van der Waals surface area (Å²) in [6.07, 6.45) is 5.17. The molecule has 138 valence electrons.